The topological polar surface area (TPSA) is 17.1 Å². The third kappa shape index (κ3) is 2.25. The van der Waals surface area contributed by atoms with Crippen LogP contribution in [0.3, 0.4) is 0 Å². The Morgan fingerprint density at radius 1 is 1.38 bits per heavy atom. The third-order valence-electron chi connectivity index (χ3n) is 1.57. The molecule has 0 spiro atoms. The van der Waals surface area contributed by atoms with E-state index in [1.807, 2.05) is 0 Å². The Labute approximate surface area is 79.3 Å². The molecule has 1 aromatic carbocycles. The highest BCUT2D eigenvalue weighted by atomic mass is 35.5. The molecule has 0 saturated carbocycles. The molecule has 0 atom stereocenters. The van der Waals surface area contributed by atoms with E-state index in [1.165, 1.54) is 12.1 Å². The Morgan fingerprint density at radius 2 is 2.08 bits per heavy atom. The second-order valence-corrected chi connectivity index (χ2v) is 2.84. The first-order chi connectivity index (χ1) is 6.16. The quantitative estimate of drug-likeness (QED) is 0.547. The van der Waals surface area contributed by atoms with Crippen molar-refractivity contribution in [3.8, 4) is 0 Å². The average molecular weight is 205 g/mol. The lowest BCUT2D eigenvalue weighted by Gasteiger charge is -2.00. The van der Waals surface area contributed by atoms with Crippen molar-refractivity contribution in [3.05, 3.63) is 35.4 Å². The smallest absolute Gasteiger partial charge is 0.169 e. The summed E-state index contributed by atoms with van der Waals surface area (Å²) in [6.45, 7) is 0. The number of carbonyl (C=O) groups excluding carboxylic acids is 1. The Balaban J connectivity index is 3.01. The predicted octanol–water partition coefficient (Wildman–Crippen LogP) is 2.78. The molecule has 0 aliphatic heterocycles. The van der Waals surface area contributed by atoms with Crippen molar-refractivity contribution in [3.63, 3.8) is 0 Å². The second kappa shape index (κ2) is 4.33. The molecule has 0 N–H and O–H groups in total. The first kappa shape index (κ1) is 10.1. The fourth-order valence-electron chi connectivity index (χ4n) is 0.940. The van der Waals surface area contributed by atoms with Crippen molar-refractivity contribution < 1.29 is 13.6 Å². The molecule has 0 aliphatic carbocycles. The summed E-state index contributed by atoms with van der Waals surface area (Å²) >= 11 is 5.30. The van der Waals surface area contributed by atoms with Crippen molar-refractivity contribution in [2.75, 3.05) is 5.88 Å². The molecule has 0 amide bonds. The maximum atomic E-state index is 12.9. The van der Waals surface area contributed by atoms with Crippen LogP contribution in [0.15, 0.2) is 18.2 Å². The molecule has 0 aliphatic rings. The Hall–Kier alpha value is -0.960. The number of Topliss-reactive ketones (excluding diaryl/α,β-unsaturated/α-hetero) is 1. The number of alkyl halides is 1. The highest BCUT2D eigenvalue weighted by molar-refractivity contribution is 6.19. The van der Waals surface area contributed by atoms with E-state index in [9.17, 15) is 13.6 Å². The molecule has 0 heterocycles. The van der Waals surface area contributed by atoms with Gasteiger partial charge in [0.25, 0.3) is 0 Å². The highest BCUT2D eigenvalue weighted by Gasteiger charge is 2.13. The Morgan fingerprint density at radius 3 is 2.69 bits per heavy atom. The zero-order chi connectivity index (χ0) is 9.84. The number of hydrogen-bond donors (Lipinski definition) is 0. The molecule has 1 rings (SSSR count). The van der Waals surface area contributed by atoms with Gasteiger partial charge in [-0.2, -0.15) is 0 Å². The van der Waals surface area contributed by atoms with E-state index >= 15 is 0 Å². The lowest BCUT2D eigenvalue weighted by molar-refractivity contribution is 0.0984. The van der Waals surface area contributed by atoms with E-state index in [0.717, 1.165) is 6.07 Å². The van der Waals surface area contributed by atoms with Crippen LogP contribution in [-0.2, 0) is 0 Å². The molecule has 0 bridgehead atoms. The second-order valence-electron chi connectivity index (χ2n) is 2.46. The molecule has 4 heteroatoms. The normalized spacial score (nSPS) is 10.1. The molecule has 0 unspecified atom stereocenters. The minimum Gasteiger partial charge on any atom is -0.294 e. The number of ketones is 1. The van der Waals surface area contributed by atoms with Gasteiger partial charge in [-0.3, -0.25) is 4.79 Å². The van der Waals surface area contributed by atoms with E-state index in [-0.39, 0.29) is 17.9 Å². The molecule has 1 aromatic rings. The van der Waals surface area contributed by atoms with E-state index < -0.39 is 17.4 Å². The van der Waals surface area contributed by atoms with Gasteiger partial charge in [-0.05, 0) is 12.1 Å². The van der Waals surface area contributed by atoms with Crippen LogP contribution in [0.1, 0.15) is 16.8 Å². The van der Waals surface area contributed by atoms with Crippen molar-refractivity contribution in [2.24, 2.45) is 0 Å². The van der Waals surface area contributed by atoms with Gasteiger partial charge >= 0.3 is 0 Å². The van der Waals surface area contributed by atoms with Crippen molar-refractivity contribution in [2.45, 2.75) is 6.42 Å². The van der Waals surface area contributed by atoms with Crippen LogP contribution >= 0.6 is 11.6 Å². The zero-order valence-corrected chi connectivity index (χ0v) is 7.44. The standard InChI is InChI=1S/C9H7ClF2O/c10-5-4-8(13)6-2-1-3-7(11)9(6)12/h1-3H,4-5H2. The van der Waals surface area contributed by atoms with Crippen LogP contribution in [0.25, 0.3) is 0 Å². The molecule has 0 radical (unpaired) electrons. The van der Waals surface area contributed by atoms with Crippen LogP contribution in [0.4, 0.5) is 8.78 Å². The lowest BCUT2D eigenvalue weighted by atomic mass is 10.1. The van der Waals surface area contributed by atoms with Crippen molar-refractivity contribution in [1.29, 1.82) is 0 Å². The van der Waals surface area contributed by atoms with Gasteiger partial charge in [-0.25, -0.2) is 8.78 Å². The summed E-state index contributed by atoms with van der Waals surface area (Å²) in [5.74, 6) is -2.49. The van der Waals surface area contributed by atoms with Gasteiger partial charge in [0, 0.05) is 12.3 Å². The zero-order valence-electron chi connectivity index (χ0n) is 6.69. The fraction of sp³-hybridized carbons (Fsp3) is 0.222. The molecular weight excluding hydrogens is 198 g/mol. The van der Waals surface area contributed by atoms with Crippen LogP contribution in [-0.4, -0.2) is 11.7 Å². The fourth-order valence-corrected chi connectivity index (χ4v) is 1.11. The SMILES string of the molecule is O=C(CCCl)c1cccc(F)c1F. The maximum absolute atomic E-state index is 12.9. The van der Waals surface area contributed by atoms with Gasteiger partial charge in [-0.1, -0.05) is 6.07 Å². The van der Waals surface area contributed by atoms with Gasteiger partial charge in [-0.15, -0.1) is 11.6 Å². The van der Waals surface area contributed by atoms with Crippen molar-refractivity contribution in [1.82, 2.24) is 0 Å². The summed E-state index contributed by atoms with van der Waals surface area (Å²) in [7, 11) is 0. The molecule has 0 aromatic heterocycles. The number of rotatable bonds is 3. The predicted molar refractivity (Wildman–Crippen MR) is 46.0 cm³/mol. The summed E-state index contributed by atoms with van der Waals surface area (Å²) in [4.78, 5) is 11.1. The number of benzene rings is 1. The van der Waals surface area contributed by atoms with Gasteiger partial charge in [0.15, 0.2) is 17.4 Å². The van der Waals surface area contributed by atoms with E-state index in [2.05, 4.69) is 0 Å². The van der Waals surface area contributed by atoms with Crippen LogP contribution in [0, 0.1) is 11.6 Å². The van der Waals surface area contributed by atoms with Crippen LogP contribution < -0.4 is 0 Å². The van der Waals surface area contributed by atoms with E-state index in [4.69, 9.17) is 11.6 Å². The Bertz CT molecular complexity index is 325. The van der Waals surface area contributed by atoms with Gasteiger partial charge in [0.1, 0.15) is 0 Å². The Kier molecular flexibility index (Phi) is 3.37. The summed E-state index contributed by atoms with van der Waals surface area (Å²) in [5, 5.41) is 0. The van der Waals surface area contributed by atoms with E-state index in [1.54, 1.807) is 0 Å². The minimum atomic E-state index is -1.10. The summed E-state index contributed by atoms with van der Waals surface area (Å²) < 4.78 is 25.6. The largest absolute Gasteiger partial charge is 0.294 e. The van der Waals surface area contributed by atoms with Gasteiger partial charge < -0.3 is 0 Å². The maximum Gasteiger partial charge on any atom is 0.169 e. The molecular formula is C9H7ClF2O. The minimum absolute atomic E-state index is 0.0158. The summed E-state index contributed by atoms with van der Waals surface area (Å²) in [6, 6.07) is 3.50. The summed E-state index contributed by atoms with van der Waals surface area (Å²) in [5.41, 5.74) is -0.236. The average Bonchev–Trinajstić information content (AvgIpc) is 2.10. The number of halogens is 3. The van der Waals surface area contributed by atoms with Crippen LogP contribution in [0.2, 0.25) is 0 Å². The highest BCUT2D eigenvalue weighted by Crippen LogP contribution is 2.13. The van der Waals surface area contributed by atoms with Crippen molar-refractivity contribution >= 4 is 17.4 Å². The van der Waals surface area contributed by atoms with Gasteiger partial charge in [0.2, 0.25) is 0 Å². The molecule has 13 heavy (non-hydrogen) atoms. The molecule has 0 fully saturated rings. The van der Waals surface area contributed by atoms with E-state index in [0.29, 0.717) is 0 Å². The molecule has 1 nitrogen and oxygen atoms in total. The third-order valence-corrected chi connectivity index (χ3v) is 1.76. The molecule has 70 valence electrons. The first-order valence-electron chi connectivity index (χ1n) is 3.70. The lowest BCUT2D eigenvalue weighted by Crippen LogP contribution is -2.04. The van der Waals surface area contributed by atoms with Gasteiger partial charge in [0.05, 0.1) is 5.56 Å². The number of carbonyl (C=O) groups is 1. The monoisotopic (exact) mass is 204 g/mol. The number of hydrogen-bond acceptors (Lipinski definition) is 1. The first-order valence-corrected chi connectivity index (χ1v) is 4.23. The molecule has 0 saturated heterocycles. The summed E-state index contributed by atoms with van der Waals surface area (Å²) in [6.07, 6.45) is 0.0158. The van der Waals surface area contributed by atoms with Crippen LogP contribution in [0.5, 0.6) is 0 Å².